The second-order valence-electron chi connectivity index (χ2n) is 3.84. The number of aromatic nitrogens is 2. The second-order valence-corrected chi connectivity index (χ2v) is 3.84. The van der Waals surface area contributed by atoms with E-state index in [0.29, 0.717) is 6.10 Å². The van der Waals surface area contributed by atoms with Crippen LogP contribution in [0.5, 0.6) is 0 Å². The van der Waals surface area contributed by atoms with E-state index < -0.39 is 0 Å². The van der Waals surface area contributed by atoms with Crippen LogP contribution in [-0.4, -0.2) is 42.3 Å². The smallest absolute Gasteiger partial charge is 0.144 e. The molecule has 88 valence electrons. The van der Waals surface area contributed by atoms with Crippen molar-refractivity contribution in [3.63, 3.8) is 0 Å². The third-order valence-corrected chi connectivity index (χ3v) is 2.61. The quantitative estimate of drug-likeness (QED) is 0.717. The number of rotatable bonds is 5. The topological polar surface area (TPSA) is 59.1 Å². The molecule has 16 heavy (non-hydrogen) atoms. The number of anilines is 1. The predicted molar refractivity (Wildman–Crippen MR) is 62.4 cm³/mol. The standard InChI is InChI=1S/C11H18N4O/c1-3-12-4-2-10(1)16-8-7-15-11-9-13-5-6-14-11/h5-6,9-10,12H,1-4,7-8H2,(H,14,15). The summed E-state index contributed by atoms with van der Waals surface area (Å²) in [5.41, 5.74) is 0. The van der Waals surface area contributed by atoms with Gasteiger partial charge in [-0.05, 0) is 25.9 Å². The van der Waals surface area contributed by atoms with E-state index in [0.717, 1.165) is 44.9 Å². The van der Waals surface area contributed by atoms with Gasteiger partial charge in [-0.2, -0.15) is 0 Å². The number of ether oxygens (including phenoxy) is 1. The molecule has 1 fully saturated rings. The Morgan fingerprint density at radius 3 is 3.00 bits per heavy atom. The maximum Gasteiger partial charge on any atom is 0.144 e. The van der Waals surface area contributed by atoms with E-state index >= 15 is 0 Å². The van der Waals surface area contributed by atoms with Crippen LogP contribution < -0.4 is 10.6 Å². The lowest BCUT2D eigenvalue weighted by Crippen LogP contribution is -2.33. The molecule has 0 bridgehead atoms. The Hall–Kier alpha value is -1.20. The van der Waals surface area contributed by atoms with Gasteiger partial charge in [-0.15, -0.1) is 0 Å². The predicted octanol–water partition coefficient (Wildman–Crippen LogP) is 0.657. The monoisotopic (exact) mass is 222 g/mol. The van der Waals surface area contributed by atoms with Gasteiger partial charge in [0, 0.05) is 18.9 Å². The average molecular weight is 222 g/mol. The fourth-order valence-electron chi connectivity index (χ4n) is 1.76. The van der Waals surface area contributed by atoms with Gasteiger partial charge in [0.05, 0.1) is 18.9 Å². The molecule has 1 aromatic heterocycles. The van der Waals surface area contributed by atoms with Crippen molar-refractivity contribution in [2.45, 2.75) is 18.9 Å². The molecule has 0 unspecified atom stereocenters. The second kappa shape index (κ2) is 6.40. The van der Waals surface area contributed by atoms with Crippen LogP contribution in [0.15, 0.2) is 18.6 Å². The molecule has 2 rings (SSSR count). The average Bonchev–Trinajstić information content (AvgIpc) is 2.37. The number of hydrogen-bond acceptors (Lipinski definition) is 5. The zero-order valence-corrected chi connectivity index (χ0v) is 9.35. The first kappa shape index (κ1) is 11.3. The van der Waals surface area contributed by atoms with Crippen LogP contribution in [0.1, 0.15) is 12.8 Å². The van der Waals surface area contributed by atoms with Gasteiger partial charge in [-0.1, -0.05) is 0 Å². The maximum absolute atomic E-state index is 5.75. The third kappa shape index (κ3) is 3.75. The minimum Gasteiger partial charge on any atom is -0.376 e. The molecule has 0 radical (unpaired) electrons. The molecule has 1 saturated heterocycles. The largest absolute Gasteiger partial charge is 0.376 e. The molecule has 1 aliphatic heterocycles. The van der Waals surface area contributed by atoms with Crippen LogP contribution in [0, 0.1) is 0 Å². The summed E-state index contributed by atoms with van der Waals surface area (Å²) in [6, 6.07) is 0. The van der Waals surface area contributed by atoms with Crippen molar-refractivity contribution in [2.75, 3.05) is 31.6 Å². The van der Waals surface area contributed by atoms with Gasteiger partial charge in [-0.25, -0.2) is 4.98 Å². The fraction of sp³-hybridized carbons (Fsp3) is 0.636. The molecule has 5 nitrogen and oxygen atoms in total. The van der Waals surface area contributed by atoms with E-state index in [-0.39, 0.29) is 0 Å². The SMILES string of the molecule is c1cnc(NCCOC2CCNCC2)cn1. The highest BCUT2D eigenvalue weighted by Crippen LogP contribution is 2.06. The molecule has 2 heterocycles. The molecule has 0 aromatic carbocycles. The van der Waals surface area contributed by atoms with Crippen LogP contribution in [0.3, 0.4) is 0 Å². The van der Waals surface area contributed by atoms with Crippen molar-refractivity contribution < 1.29 is 4.74 Å². The highest BCUT2D eigenvalue weighted by molar-refractivity contribution is 5.29. The normalized spacial score (nSPS) is 17.2. The molecule has 1 aliphatic rings. The maximum atomic E-state index is 5.75. The summed E-state index contributed by atoms with van der Waals surface area (Å²) in [5.74, 6) is 0.802. The summed E-state index contributed by atoms with van der Waals surface area (Å²) in [4.78, 5) is 8.10. The Morgan fingerprint density at radius 1 is 1.38 bits per heavy atom. The number of nitrogens with zero attached hydrogens (tertiary/aromatic N) is 2. The van der Waals surface area contributed by atoms with E-state index in [1.807, 2.05) is 0 Å². The summed E-state index contributed by atoms with van der Waals surface area (Å²) in [6.07, 6.45) is 7.71. The Bertz CT molecular complexity index is 287. The number of hydrogen-bond donors (Lipinski definition) is 2. The van der Waals surface area contributed by atoms with Crippen LogP contribution >= 0.6 is 0 Å². The molecule has 0 amide bonds. The van der Waals surface area contributed by atoms with E-state index in [2.05, 4.69) is 20.6 Å². The van der Waals surface area contributed by atoms with Crippen molar-refractivity contribution in [1.82, 2.24) is 15.3 Å². The Morgan fingerprint density at radius 2 is 2.25 bits per heavy atom. The first-order valence-corrected chi connectivity index (χ1v) is 5.77. The van der Waals surface area contributed by atoms with Crippen molar-refractivity contribution in [1.29, 1.82) is 0 Å². The van der Waals surface area contributed by atoms with Crippen molar-refractivity contribution in [3.8, 4) is 0 Å². The summed E-state index contributed by atoms with van der Waals surface area (Å²) < 4.78 is 5.75. The first-order chi connectivity index (χ1) is 7.95. The zero-order chi connectivity index (χ0) is 11.1. The minimum absolute atomic E-state index is 0.421. The minimum atomic E-state index is 0.421. The van der Waals surface area contributed by atoms with E-state index in [1.165, 1.54) is 0 Å². The first-order valence-electron chi connectivity index (χ1n) is 5.77. The zero-order valence-electron chi connectivity index (χ0n) is 9.35. The van der Waals surface area contributed by atoms with Crippen molar-refractivity contribution in [2.24, 2.45) is 0 Å². The van der Waals surface area contributed by atoms with Crippen LogP contribution in [0.25, 0.3) is 0 Å². The number of piperidine rings is 1. The van der Waals surface area contributed by atoms with Crippen LogP contribution in [-0.2, 0) is 4.74 Å². The molecule has 0 saturated carbocycles. The summed E-state index contributed by atoms with van der Waals surface area (Å²) in [5, 5.41) is 6.49. The lowest BCUT2D eigenvalue weighted by atomic mass is 10.1. The van der Waals surface area contributed by atoms with Gasteiger partial charge < -0.3 is 15.4 Å². The molecule has 5 heteroatoms. The molecule has 1 aromatic rings. The lowest BCUT2D eigenvalue weighted by molar-refractivity contribution is 0.0394. The molecule has 0 aliphatic carbocycles. The van der Waals surface area contributed by atoms with Crippen molar-refractivity contribution >= 4 is 5.82 Å². The number of nitrogens with one attached hydrogen (secondary N) is 2. The van der Waals surface area contributed by atoms with Gasteiger partial charge in [-0.3, -0.25) is 4.98 Å². The van der Waals surface area contributed by atoms with E-state index in [1.54, 1.807) is 18.6 Å². The molecular weight excluding hydrogens is 204 g/mol. The van der Waals surface area contributed by atoms with Gasteiger partial charge in [0.25, 0.3) is 0 Å². The highest BCUT2D eigenvalue weighted by Gasteiger charge is 2.12. The Balaban J connectivity index is 1.58. The molecule has 0 atom stereocenters. The fourth-order valence-corrected chi connectivity index (χ4v) is 1.76. The van der Waals surface area contributed by atoms with Gasteiger partial charge in [0.1, 0.15) is 5.82 Å². The van der Waals surface area contributed by atoms with Gasteiger partial charge in [0.15, 0.2) is 0 Å². The van der Waals surface area contributed by atoms with E-state index in [9.17, 15) is 0 Å². The lowest BCUT2D eigenvalue weighted by Gasteiger charge is -2.22. The van der Waals surface area contributed by atoms with Crippen LogP contribution in [0.2, 0.25) is 0 Å². The Kier molecular flexibility index (Phi) is 4.51. The summed E-state index contributed by atoms with van der Waals surface area (Å²) in [6.45, 7) is 3.65. The molecular formula is C11H18N4O. The Labute approximate surface area is 95.6 Å². The van der Waals surface area contributed by atoms with Crippen molar-refractivity contribution in [3.05, 3.63) is 18.6 Å². The van der Waals surface area contributed by atoms with Crippen LogP contribution in [0.4, 0.5) is 5.82 Å². The van der Waals surface area contributed by atoms with Gasteiger partial charge >= 0.3 is 0 Å². The van der Waals surface area contributed by atoms with E-state index in [4.69, 9.17) is 4.74 Å². The molecule has 0 spiro atoms. The summed E-state index contributed by atoms with van der Waals surface area (Å²) >= 11 is 0. The highest BCUT2D eigenvalue weighted by atomic mass is 16.5. The third-order valence-electron chi connectivity index (χ3n) is 2.61. The molecule has 2 N–H and O–H groups in total. The van der Waals surface area contributed by atoms with Gasteiger partial charge in [0.2, 0.25) is 0 Å². The summed E-state index contributed by atoms with van der Waals surface area (Å²) in [7, 11) is 0.